The molecule has 4 heteroatoms. The van der Waals surface area contributed by atoms with Crippen LogP contribution in [0.2, 0.25) is 0 Å². The van der Waals surface area contributed by atoms with Crippen molar-refractivity contribution in [2.75, 3.05) is 7.11 Å². The minimum atomic E-state index is -0.223. The van der Waals surface area contributed by atoms with Gasteiger partial charge in [0.15, 0.2) is 0 Å². The van der Waals surface area contributed by atoms with Gasteiger partial charge in [-0.1, -0.05) is 6.07 Å². The standard InChI is InChI=1S/C10H9NO3/c1-14-8-4-2-3-6-7(12)5-9(13)11-10(6)8/h2-5H,1H3,(H2,11,12,13). The van der Waals surface area contributed by atoms with Gasteiger partial charge < -0.3 is 14.9 Å². The summed E-state index contributed by atoms with van der Waals surface area (Å²) in [5.74, 6) is 0.291. The number of pyridine rings is 1. The molecule has 0 fully saturated rings. The molecule has 0 unspecified atom stereocenters. The Kier molecular flexibility index (Phi) is 1.89. The third-order valence-electron chi connectivity index (χ3n) is 1.99. The first-order valence-corrected chi connectivity index (χ1v) is 4.08. The molecule has 2 rings (SSSR count). The molecule has 0 amide bonds. The van der Waals surface area contributed by atoms with Crippen LogP contribution in [0, 0.1) is 0 Å². The molecule has 14 heavy (non-hydrogen) atoms. The Labute approximate surface area is 80.4 Å². The number of rotatable bonds is 1. The molecule has 0 spiro atoms. The molecule has 2 N–H and O–H groups in total. The fourth-order valence-electron chi connectivity index (χ4n) is 1.36. The lowest BCUT2D eigenvalue weighted by Gasteiger charge is -2.05. The summed E-state index contributed by atoms with van der Waals surface area (Å²) in [7, 11) is 1.51. The van der Waals surface area contributed by atoms with E-state index in [4.69, 9.17) is 4.74 Å². The van der Waals surface area contributed by atoms with Gasteiger partial charge in [-0.25, -0.2) is 4.98 Å². The Morgan fingerprint density at radius 1 is 1.29 bits per heavy atom. The number of benzene rings is 1. The Morgan fingerprint density at radius 2 is 2.07 bits per heavy atom. The first-order valence-electron chi connectivity index (χ1n) is 4.08. The Balaban J connectivity index is 2.86. The molecule has 0 radical (unpaired) electrons. The average Bonchev–Trinajstić information content (AvgIpc) is 2.17. The maximum Gasteiger partial charge on any atom is 0.215 e. The van der Waals surface area contributed by atoms with E-state index < -0.39 is 0 Å². The first-order chi connectivity index (χ1) is 6.72. The molecular formula is C10H9NO3. The second-order valence-corrected chi connectivity index (χ2v) is 2.86. The van der Waals surface area contributed by atoms with Gasteiger partial charge in [0.2, 0.25) is 5.88 Å². The molecule has 4 nitrogen and oxygen atoms in total. The van der Waals surface area contributed by atoms with Crippen LogP contribution < -0.4 is 4.74 Å². The van der Waals surface area contributed by atoms with E-state index in [9.17, 15) is 10.2 Å². The number of aromatic hydroxyl groups is 2. The van der Waals surface area contributed by atoms with Crippen molar-refractivity contribution in [1.29, 1.82) is 0 Å². The van der Waals surface area contributed by atoms with Crippen molar-refractivity contribution in [2.45, 2.75) is 0 Å². The minimum Gasteiger partial charge on any atom is -0.507 e. The summed E-state index contributed by atoms with van der Waals surface area (Å²) in [4.78, 5) is 3.88. The van der Waals surface area contributed by atoms with Gasteiger partial charge >= 0.3 is 0 Å². The first kappa shape index (κ1) is 8.62. The number of ether oxygens (including phenoxy) is 1. The Bertz CT molecular complexity index is 482. The van der Waals surface area contributed by atoms with Gasteiger partial charge in [0.1, 0.15) is 17.0 Å². The van der Waals surface area contributed by atoms with Crippen LogP contribution in [0.1, 0.15) is 0 Å². The molecule has 0 saturated heterocycles. The molecule has 0 aliphatic heterocycles. The quantitative estimate of drug-likeness (QED) is 0.719. The third kappa shape index (κ3) is 1.21. The topological polar surface area (TPSA) is 62.6 Å². The van der Waals surface area contributed by atoms with Crippen LogP contribution in [0.25, 0.3) is 10.9 Å². The summed E-state index contributed by atoms with van der Waals surface area (Å²) in [5, 5.41) is 19.3. The van der Waals surface area contributed by atoms with E-state index in [0.29, 0.717) is 16.7 Å². The van der Waals surface area contributed by atoms with E-state index in [2.05, 4.69) is 4.98 Å². The van der Waals surface area contributed by atoms with E-state index in [1.165, 1.54) is 13.2 Å². The van der Waals surface area contributed by atoms with Gasteiger partial charge in [-0.05, 0) is 12.1 Å². The predicted molar refractivity (Wildman–Crippen MR) is 51.6 cm³/mol. The molecule has 0 bridgehead atoms. The number of hydrogen-bond acceptors (Lipinski definition) is 4. The largest absolute Gasteiger partial charge is 0.507 e. The lowest BCUT2D eigenvalue weighted by Crippen LogP contribution is -1.87. The van der Waals surface area contributed by atoms with Crippen LogP contribution in [0.3, 0.4) is 0 Å². The van der Waals surface area contributed by atoms with Crippen molar-refractivity contribution in [3.63, 3.8) is 0 Å². The number of para-hydroxylation sites is 1. The van der Waals surface area contributed by atoms with Crippen LogP contribution in [0.5, 0.6) is 17.4 Å². The lowest BCUT2D eigenvalue weighted by atomic mass is 10.2. The highest BCUT2D eigenvalue weighted by Crippen LogP contribution is 2.31. The van der Waals surface area contributed by atoms with Crippen molar-refractivity contribution < 1.29 is 14.9 Å². The van der Waals surface area contributed by atoms with Gasteiger partial charge in [-0.15, -0.1) is 0 Å². The SMILES string of the molecule is COc1cccc2c(O)cc(O)nc12. The Morgan fingerprint density at radius 3 is 2.79 bits per heavy atom. The van der Waals surface area contributed by atoms with Crippen molar-refractivity contribution in [2.24, 2.45) is 0 Å². The molecule has 1 aromatic carbocycles. The number of hydrogen-bond donors (Lipinski definition) is 2. The predicted octanol–water partition coefficient (Wildman–Crippen LogP) is 1.65. The van der Waals surface area contributed by atoms with Crippen LogP contribution in [0.4, 0.5) is 0 Å². The zero-order valence-corrected chi connectivity index (χ0v) is 7.56. The summed E-state index contributed by atoms with van der Waals surface area (Å²) in [5.41, 5.74) is 0.451. The highest BCUT2D eigenvalue weighted by molar-refractivity contribution is 5.89. The molecule has 0 aliphatic rings. The zero-order valence-electron chi connectivity index (χ0n) is 7.56. The summed E-state index contributed by atoms with van der Waals surface area (Å²) in [6.07, 6.45) is 0. The number of methoxy groups -OCH3 is 1. The van der Waals surface area contributed by atoms with Gasteiger partial charge in [-0.2, -0.15) is 0 Å². The fourth-order valence-corrected chi connectivity index (χ4v) is 1.36. The van der Waals surface area contributed by atoms with Gasteiger partial charge in [0, 0.05) is 11.5 Å². The Hall–Kier alpha value is -1.97. The molecule has 0 atom stereocenters. The highest BCUT2D eigenvalue weighted by Gasteiger charge is 2.07. The number of aromatic nitrogens is 1. The average molecular weight is 191 g/mol. The summed E-state index contributed by atoms with van der Waals surface area (Å²) in [6, 6.07) is 6.37. The van der Waals surface area contributed by atoms with E-state index in [0.717, 1.165) is 0 Å². The van der Waals surface area contributed by atoms with E-state index in [1.807, 2.05) is 0 Å². The monoisotopic (exact) mass is 191 g/mol. The van der Waals surface area contributed by atoms with Crippen molar-refractivity contribution >= 4 is 10.9 Å². The van der Waals surface area contributed by atoms with Crippen molar-refractivity contribution in [1.82, 2.24) is 4.98 Å². The van der Waals surface area contributed by atoms with Crippen LogP contribution >= 0.6 is 0 Å². The molecule has 72 valence electrons. The third-order valence-corrected chi connectivity index (χ3v) is 1.99. The van der Waals surface area contributed by atoms with E-state index in [-0.39, 0.29) is 11.6 Å². The fraction of sp³-hybridized carbons (Fsp3) is 0.100. The number of nitrogens with zero attached hydrogens (tertiary/aromatic N) is 1. The number of fused-ring (bicyclic) bond motifs is 1. The summed E-state index contributed by atoms with van der Waals surface area (Å²) in [6.45, 7) is 0. The summed E-state index contributed by atoms with van der Waals surface area (Å²) >= 11 is 0. The van der Waals surface area contributed by atoms with Crippen molar-refractivity contribution in [3.05, 3.63) is 24.3 Å². The minimum absolute atomic E-state index is 0.00796. The maximum atomic E-state index is 9.52. The van der Waals surface area contributed by atoms with Gasteiger partial charge in [0.05, 0.1) is 7.11 Å². The van der Waals surface area contributed by atoms with Gasteiger partial charge in [-0.3, -0.25) is 0 Å². The molecule has 0 aliphatic carbocycles. The normalized spacial score (nSPS) is 10.4. The van der Waals surface area contributed by atoms with Crippen LogP contribution in [-0.2, 0) is 0 Å². The zero-order chi connectivity index (χ0) is 10.1. The van der Waals surface area contributed by atoms with E-state index >= 15 is 0 Å². The van der Waals surface area contributed by atoms with Crippen molar-refractivity contribution in [3.8, 4) is 17.4 Å². The molecule has 1 aromatic heterocycles. The lowest BCUT2D eigenvalue weighted by molar-refractivity contribution is 0.414. The second-order valence-electron chi connectivity index (χ2n) is 2.86. The second kappa shape index (κ2) is 3.06. The van der Waals surface area contributed by atoms with E-state index in [1.54, 1.807) is 18.2 Å². The maximum absolute atomic E-state index is 9.52. The molecular weight excluding hydrogens is 182 g/mol. The molecule has 2 aromatic rings. The van der Waals surface area contributed by atoms with Crippen LogP contribution in [-0.4, -0.2) is 22.3 Å². The van der Waals surface area contributed by atoms with Crippen LogP contribution in [0.15, 0.2) is 24.3 Å². The summed E-state index contributed by atoms with van der Waals surface area (Å²) < 4.78 is 5.05. The highest BCUT2D eigenvalue weighted by atomic mass is 16.5. The molecule has 0 saturated carbocycles. The molecule has 1 heterocycles. The van der Waals surface area contributed by atoms with Gasteiger partial charge in [0.25, 0.3) is 0 Å². The smallest absolute Gasteiger partial charge is 0.215 e.